The average molecular weight is 425 g/mol. The fourth-order valence-corrected chi connectivity index (χ4v) is 2.54. The van der Waals surface area contributed by atoms with Crippen LogP contribution in [0.1, 0.15) is 17.3 Å². The van der Waals surface area contributed by atoms with Gasteiger partial charge in [0.25, 0.3) is 11.6 Å². The van der Waals surface area contributed by atoms with Gasteiger partial charge in [0, 0.05) is 22.2 Å². The maximum Gasteiger partial charge on any atom is 0.326 e. The first kappa shape index (κ1) is 19.5. The molecule has 0 saturated heterocycles. The van der Waals surface area contributed by atoms with Crippen molar-refractivity contribution in [3.63, 3.8) is 0 Å². The highest BCUT2D eigenvalue weighted by atomic mass is 79.9. The third kappa shape index (κ3) is 4.63. The van der Waals surface area contributed by atoms with Crippen molar-refractivity contribution >= 4 is 39.2 Å². The first-order valence-corrected chi connectivity index (χ1v) is 8.29. The molecule has 0 aliphatic rings. The lowest BCUT2D eigenvalue weighted by molar-refractivity contribution is -0.384. The van der Waals surface area contributed by atoms with Crippen LogP contribution in [0.25, 0.3) is 0 Å². The number of ether oxygens (including phenoxy) is 1. The van der Waals surface area contributed by atoms with Gasteiger partial charge in [0.05, 0.1) is 17.2 Å². The second kappa shape index (κ2) is 8.52. The fourth-order valence-electron chi connectivity index (χ4n) is 2.21. The van der Waals surface area contributed by atoms with Crippen molar-refractivity contribution in [2.45, 2.75) is 6.92 Å². The Morgan fingerprint density at radius 2 is 2.00 bits per heavy atom. The van der Waals surface area contributed by atoms with E-state index in [2.05, 4.69) is 15.9 Å². The molecule has 1 amide bonds. The first-order chi connectivity index (χ1) is 12.3. The van der Waals surface area contributed by atoms with E-state index in [-0.39, 0.29) is 23.5 Å². The van der Waals surface area contributed by atoms with E-state index in [1.165, 1.54) is 30.3 Å². The number of carbonyl (C=O) groups excluding carboxylic acids is 2. The van der Waals surface area contributed by atoms with Crippen molar-refractivity contribution in [3.05, 3.63) is 68.4 Å². The molecule has 0 atom stereocenters. The average Bonchev–Trinajstić information content (AvgIpc) is 2.60. The summed E-state index contributed by atoms with van der Waals surface area (Å²) in [7, 11) is 0. The number of anilines is 1. The van der Waals surface area contributed by atoms with Crippen LogP contribution in [-0.2, 0) is 9.53 Å². The van der Waals surface area contributed by atoms with Gasteiger partial charge in [0.2, 0.25) is 0 Å². The zero-order valence-electron chi connectivity index (χ0n) is 13.6. The Kier molecular flexibility index (Phi) is 6.40. The number of non-ortho nitro benzene ring substituents is 1. The summed E-state index contributed by atoms with van der Waals surface area (Å²) in [6, 6.07) is 8.97. The molecule has 0 radical (unpaired) electrons. The quantitative estimate of drug-likeness (QED) is 0.400. The van der Waals surface area contributed by atoms with Gasteiger partial charge in [-0.15, -0.1) is 0 Å². The predicted molar refractivity (Wildman–Crippen MR) is 95.5 cm³/mol. The van der Waals surface area contributed by atoms with E-state index in [1.54, 1.807) is 6.92 Å². The van der Waals surface area contributed by atoms with E-state index in [0.29, 0.717) is 4.47 Å². The molecule has 9 heteroatoms. The zero-order chi connectivity index (χ0) is 19.3. The van der Waals surface area contributed by atoms with Crippen LogP contribution in [0.2, 0.25) is 0 Å². The first-order valence-electron chi connectivity index (χ1n) is 7.50. The lowest BCUT2D eigenvalue weighted by Gasteiger charge is -2.22. The molecule has 136 valence electrons. The molecule has 0 saturated carbocycles. The summed E-state index contributed by atoms with van der Waals surface area (Å²) in [6.07, 6.45) is 0. The van der Waals surface area contributed by atoms with E-state index in [0.717, 1.165) is 17.0 Å². The van der Waals surface area contributed by atoms with Gasteiger partial charge in [0.1, 0.15) is 12.4 Å². The Morgan fingerprint density at radius 1 is 1.27 bits per heavy atom. The molecule has 2 aromatic carbocycles. The van der Waals surface area contributed by atoms with Crippen molar-refractivity contribution in [2.24, 2.45) is 0 Å². The van der Waals surface area contributed by atoms with Crippen molar-refractivity contribution in [1.82, 2.24) is 0 Å². The Hall–Kier alpha value is -2.81. The van der Waals surface area contributed by atoms with Gasteiger partial charge in [-0.3, -0.25) is 24.6 Å². The number of esters is 1. The summed E-state index contributed by atoms with van der Waals surface area (Å²) in [4.78, 5) is 35.8. The fraction of sp³-hybridized carbons (Fsp3) is 0.176. The molecule has 0 heterocycles. The molecule has 0 unspecified atom stereocenters. The summed E-state index contributed by atoms with van der Waals surface area (Å²) >= 11 is 3.12. The third-order valence-corrected chi connectivity index (χ3v) is 3.84. The highest BCUT2D eigenvalue weighted by Gasteiger charge is 2.25. The lowest BCUT2D eigenvalue weighted by atomic mass is 10.1. The van der Waals surface area contributed by atoms with Crippen LogP contribution in [0, 0.1) is 15.9 Å². The van der Waals surface area contributed by atoms with Gasteiger partial charge in [0.15, 0.2) is 0 Å². The normalized spacial score (nSPS) is 10.3. The molecule has 0 spiro atoms. The largest absolute Gasteiger partial charge is 0.465 e. The molecule has 2 aromatic rings. The van der Waals surface area contributed by atoms with Crippen molar-refractivity contribution in [1.29, 1.82) is 0 Å². The van der Waals surface area contributed by atoms with E-state index in [1.807, 2.05) is 0 Å². The minimum absolute atomic E-state index is 0.0502. The van der Waals surface area contributed by atoms with E-state index < -0.39 is 29.2 Å². The van der Waals surface area contributed by atoms with Gasteiger partial charge < -0.3 is 4.74 Å². The van der Waals surface area contributed by atoms with Gasteiger partial charge in [-0.1, -0.05) is 22.0 Å². The van der Waals surface area contributed by atoms with Crippen molar-refractivity contribution in [2.75, 3.05) is 18.1 Å². The van der Waals surface area contributed by atoms with Crippen LogP contribution < -0.4 is 4.90 Å². The Labute approximate surface area is 156 Å². The topological polar surface area (TPSA) is 89.8 Å². The van der Waals surface area contributed by atoms with Gasteiger partial charge in [-0.2, -0.15) is 0 Å². The molecule has 0 aromatic heterocycles. The number of nitro groups is 1. The van der Waals surface area contributed by atoms with Crippen LogP contribution in [-0.4, -0.2) is 30.0 Å². The standard InChI is InChI=1S/C17H14BrFN2O5/c1-2-26-16(22)10-20(15-7-6-12(18)9-14(15)19)17(23)11-4-3-5-13(8-11)21(24)25/h3-9H,2,10H2,1H3. The second-order valence-electron chi connectivity index (χ2n) is 5.10. The monoisotopic (exact) mass is 424 g/mol. The summed E-state index contributed by atoms with van der Waals surface area (Å²) in [6.45, 7) is 1.17. The number of nitrogens with zero attached hydrogens (tertiary/aromatic N) is 2. The number of benzene rings is 2. The Balaban J connectivity index is 2.45. The molecule has 26 heavy (non-hydrogen) atoms. The summed E-state index contributed by atoms with van der Waals surface area (Å²) in [5.41, 5.74) is -0.480. The zero-order valence-corrected chi connectivity index (χ0v) is 15.2. The summed E-state index contributed by atoms with van der Waals surface area (Å²) in [5.74, 6) is -2.22. The van der Waals surface area contributed by atoms with Crippen LogP contribution in [0.5, 0.6) is 0 Å². The molecule has 0 aliphatic heterocycles. The molecule has 7 nitrogen and oxygen atoms in total. The Morgan fingerprint density at radius 3 is 2.62 bits per heavy atom. The van der Waals surface area contributed by atoms with Crippen LogP contribution in [0.15, 0.2) is 46.9 Å². The molecule has 0 aliphatic carbocycles. The van der Waals surface area contributed by atoms with Crippen LogP contribution in [0.4, 0.5) is 15.8 Å². The van der Waals surface area contributed by atoms with E-state index >= 15 is 0 Å². The third-order valence-electron chi connectivity index (χ3n) is 3.34. The lowest BCUT2D eigenvalue weighted by Crippen LogP contribution is -2.37. The van der Waals surface area contributed by atoms with E-state index in [9.17, 15) is 24.1 Å². The molecular weight excluding hydrogens is 411 g/mol. The minimum atomic E-state index is -0.761. The summed E-state index contributed by atoms with van der Waals surface area (Å²) in [5, 5.41) is 10.9. The van der Waals surface area contributed by atoms with Gasteiger partial charge in [-0.25, -0.2) is 4.39 Å². The second-order valence-corrected chi connectivity index (χ2v) is 6.02. The molecule has 2 rings (SSSR count). The van der Waals surface area contributed by atoms with Crippen molar-refractivity contribution < 1.29 is 23.6 Å². The van der Waals surface area contributed by atoms with Crippen LogP contribution in [0.3, 0.4) is 0 Å². The predicted octanol–water partition coefficient (Wildman–Crippen LogP) is 3.71. The number of carbonyl (C=O) groups is 2. The van der Waals surface area contributed by atoms with Crippen molar-refractivity contribution in [3.8, 4) is 0 Å². The van der Waals surface area contributed by atoms with Crippen LogP contribution >= 0.6 is 15.9 Å². The molecule has 0 bridgehead atoms. The number of rotatable bonds is 6. The van der Waals surface area contributed by atoms with E-state index in [4.69, 9.17) is 4.74 Å². The van der Waals surface area contributed by atoms with Gasteiger partial charge in [-0.05, 0) is 31.2 Å². The Bertz CT molecular complexity index is 859. The minimum Gasteiger partial charge on any atom is -0.465 e. The molecule has 0 N–H and O–H groups in total. The summed E-state index contributed by atoms with van der Waals surface area (Å²) < 4.78 is 19.6. The number of halogens is 2. The number of hydrogen-bond donors (Lipinski definition) is 0. The highest BCUT2D eigenvalue weighted by molar-refractivity contribution is 9.10. The maximum absolute atomic E-state index is 14.3. The number of nitro benzene ring substituents is 1. The smallest absolute Gasteiger partial charge is 0.326 e. The molecule has 0 fully saturated rings. The number of amides is 1. The maximum atomic E-state index is 14.3. The SMILES string of the molecule is CCOC(=O)CN(C(=O)c1cccc([N+](=O)[O-])c1)c1ccc(Br)cc1F. The molecular formula is C17H14BrFN2O5. The highest BCUT2D eigenvalue weighted by Crippen LogP contribution is 2.25. The van der Waals surface area contributed by atoms with Gasteiger partial charge >= 0.3 is 5.97 Å². The number of hydrogen-bond acceptors (Lipinski definition) is 5.